The third kappa shape index (κ3) is 3.94. The molecule has 6 nitrogen and oxygen atoms in total. The standard InChI is InChI=1S/C16H21ClN4O2.ClH/c1-10-9-18-5-4-14(10)20-15(22)12-8-11(2-3-13(12)17)21-7-6-19-16(21)23;/h2-3,8,10,14,18H,4-7,9H2,1H3,(H,19,23)(H,20,22);1H. The number of rotatable bonds is 3. The Morgan fingerprint density at radius 1 is 1.38 bits per heavy atom. The Kier molecular flexibility index (Phi) is 6.32. The minimum Gasteiger partial charge on any atom is -0.349 e. The molecule has 2 saturated heterocycles. The van der Waals surface area contributed by atoms with Crippen molar-refractivity contribution in [3.8, 4) is 0 Å². The summed E-state index contributed by atoms with van der Waals surface area (Å²) in [4.78, 5) is 26.0. The van der Waals surface area contributed by atoms with Gasteiger partial charge in [-0.1, -0.05) is 18.5 Å². The van der Waals surface area contributed by atoms with Crippen LogP contribution in [0.25, 0.3) is 0 Å². The monoisotopic (exact) mass is 372 g/mol. The maximum absolute atomic E-state index is 12.6. The van der Waals surface area contributed by atoms with Gasteiger partial charge in [-0.05, 0) is 43.6 Å². The molecule has 3 N–H and O–H groups in total. The molecule has 2 aliphatic heterocycles. The lowest BCUT2D eigenvalue weighted by Crippen LogP contribution is -2.48. The Morgan fingerprint density at radius 2 is 2.17 bits per heavy atom. The normalized spacial score (nSPS) is 23.4. The summed E-state index contributed by atoms with van der Waals surface area (Å²) in [6.45, 7) is 5.11. The summed E-state index contributed by atoms with van der Waals surface area (Å²) >= 11 is 6.20. The molecule has 24 heavy (non-hydrogen) atoms. The molecule has 3 amide bonds. The summed E-state index contributed by atoms with van der Waals surface area (Å²) in [7, 11) is 0. The number of benzene rings is 1. The van der Waals surface area contributed by atoms with Gasteiger partial charge >= 0.3 is 6.03 Å². The number of halogens is 2. The fraction of sp³-hybridized carbons (Fsp3) is 0.500. The number of hydrogen-bond donors (Lipinski definition) is 3. The van der Waals surface area contributed by atoms with Gasteiger partial charge < -0.3 is 16.0 Å². The Hall–Kier alpha value is -1.50. The van der Waals surface area contributed by atoms with Crippen molar-refractivity contribution in [2.24, 2.45) is 5.92 Å². The van der Waals surface area contributed by atoms with E-state index in [9.17, 15) is 9.59 Å². The molecule has 0 saturated carbocycles. The first kappa shape index (κ1) is 18.8. The molecule has 1 aromatic carbocycles. The van der Waals surface area contributed by atoms with Gasteiger partial charge in [0.05, 0.1) is 10.6 Å². The molecule has 2 aliphatic rings. The number of carbonyl (C=O) groups excluding carboxylic acids is 2. The summed E-state index contributed by atoms with van der Waals surface area (Å²) in [5.74, 6) is 0.189. The highest BCUT2D eigenvalue weighted by Crippen LogP contribution is 2.25. The van der Waals surface area contributed by atoms with Crippen molar-refractivity contribution in [1.29, 1.82) is 0 Å². The Labute approximate surface area is 152 Å². The van der Waals surface area contributed by atoms with Gasteiger partial charge in [0, 0.05) is 24.8 Å². The minimum atomic E-state index is -0.185. The van der Waals surface area contributed by atoms with Crippen LogP contribution in [0.1, 0.15) is 23.7 Å². The van der Waals surface area contributed by atoms with Gasteiger partial charge in [0.2, 0.25) is 0 Å². The molecule has 2 unspecified atom stereocenters. The third-order valence-electron chi connectivity index (χ3n) is 4.46. The summed E-state index contributed by atoms with van der Waals surface area (Å²) in [6.07, 6.45) is 0.902. The highest BCUT2D eigenvalue weighted by Gasteiger charge is 2.26. The van der Waals surface area contributed by atoms with E-state index in [0.29, 0.717) is 35.3 Å². The van der Waals surface area contributed by atoms with E-state index in [0.717, 1.165) is 19.5 Å². The van der Waals surface area contributed by atoms with Crippen LogP contribution in [0.3, 0.4) is 0 Å². The maximum Gasteiger partial charge on any atom is 0.321 e. The van der Waals surface area contributed by atoms with Crippen molar-refractivity contribution in [2.75, 3.05) is 31.1 Å². The van der Waals surface area contributed by atoms with E-state index in [1.165, 1.54) is 0 Å². The zero-order valence-electron chi connectivity index (χ0n) is 13.5. The Morgan fingerprint density at radius 3 is 2.83 bits per heavy atom. The molecular formula is C16H22Cl2N4O2. The number of amides is 3. The van der Waals surface area contributed by atoms with Gasteiger partial charge in [-0.25, -0.2) is 4.79 Å². The lowest BCUT2D eigenvalue weighted by atomic mass is 9.95. The first-order valence-corrected chi connectivity index (χ1v) is 8.30. The molecule has 0 radical (unpaired) electrons. The van der Waals surface area contributed by atoms with E-state index in [1.54, 1.807) is 23.1 Å². The molecule has 0 aliphatic carbocycles. The van der Waals surface area contributed by atoms with Crippen molar-refractivity contribution in [3.63, 3.8) is 0 Å². The number of nitrogens with one attached hydrogen (secondary N) is 3. The Balaban J connectivity index is 0.00000208. The summed E-state index contributed by atoms with van der Waals surface area (Å²) in [6, 6.07) is 5.11. The van der Waals surface area contributed by atoms with Crippen molar-refractivity contribution in [3.05, 3.63) is 28.8 Å². The van der Waals surface area contributed by atoms with Gasteiger partial charge in [0.1, 0.15) is 0 Å². The van der Waals surface area contributed by atoms with Crippen LogP contribution in [0, 0.1) is 5.92 Å². The smallest absolute Gasteiger partial charge is 0.321 e. The SMILES string of the molecule is CC1CNCCC1NC(=O)c1cc(N2CCNC2=O)ccc1Cl.Cl. The minimum absolute atomic E-state index is 0. The molecule has 132 valence electrons. The molecule has 8 heteroatoms. The highest BCUT2D eigenvalue weighted by molar-refractivity contribution is 6.34. The van der Waals surface area contributed by atoms with Gasteiger partial charge in [0.15, 0.2) is 0 Å². The number of anilines is 1. The third-order valence-corrected chi connectivity index (χ3v) is 4.79. The highest BCUT2D eigenvalue weighted by atomic mass is 35.5. The summed E-state index contributed by atoms with van der Waals surface area (Å²) in [5.41, 5.74) is 1.10. The molecule has 0 aromatic heterocycles. The molecule has 2 atom stereocenters. The molecular weight excluding hydrogens is 351 g/mol. The first-order valence-electron chi connectivity index (χ1n) is 7.93. The second-order valence-electron chi connectivity index (χ2n) is 6.10. The van der Waals surface area contributed by atoms with E-state index in [-0.39, 0.29) is 30.4 Å². The average Bonchev–Trinajstić information content (AvgIpc) is 2.96. The number of nitrogens with zero attached hydrogens (tertiary/aromatic N) is 1. The molecule has 0 bridgehead atoms. The van der Waals surface area contributed by atoms with Gasteiger partial charge in [-0.3, -0.25) is 9.69 Å². The van der Waals surface area contributed by atoms with E-state index < -0.39 is 0 Å². The van der Waals surface area contributed by atoms with Crippen molar-refractivity contribution in [1.82, 2.24) is 16.0 Å². The van der Waals surface area contributed by atoms with E-state index in [1.807, 2.05) is 0 Å². The van der Waals surface area contributed by atoms with Crippen molar-refractivity contribution >= 4 is 41.6 Å². The van der Waals surface area contributed by atoms with E-state index in [4.69, 9.17) is 11.6 Å². The first-order chi connectivity index (χ1) is 11.1. The number of urea groups is 1. The quantitative estimate of drug-likeness (QED) is 0.759. The van der Waals surface area contributed by atoms with Crippen LogP contribution in [0.5, 0.6) is 0 Å². The summed E-state index contributed by atoms with van der Waals surface area (Å²) < 4.78 is 0. The molecule has 1 aromatic rings. The maximum atomic E-state index is 12.6. The molecule has 0 spiro atoms. The van der Waals surface area contributed by atoms with E-state index >= 15 is 0 Å². The number of hydrogen-bond acceptors (Lipinski definition) is 3. The van der Waals surface area contributed by atoms with Crippen LogP contribution in [0.4, 0.5) is 10.5 Å². The van der Waals surface area contributed by atoms with Gasteiger partial charge in [-0.2, -0.15) is 0 Å². The van der Waals surface area contributed by atoms with Crippen LogP contribution in [-0.4, -0.2) is 44.2 Å². The number of piperidine rings is 1. The van der Waals surface area contributed by atoms with Crippen molar-refractivity contribution in [2.45, 2.75) is 19.4 Å². The predicted octanol–water partition coefficient (Wildman–Crippen LogP) is 2.02. The van der Waals surface area contributed by atoms with Crippen LogP contribution in [-0.2, 0) is 0 Å². The van der Waals surface area contributed by atoms with E-state index in [2.05, 4.69) is 22.9 Å². The van der Waals surface area contributed by atoms with Gasteiger partial charge in [-0.15, -0.1) is 12.4 Å². The second-order valence-corrected chi connectivity index (χ2v) is 6.50. The van der Waals surface area contributed by atoms with Crippen molar-refractivity contribution < 1.29 is 9.59 Å². The average molecular weight is 373 g/mol. The zero-order chi connectivity index (χ0) is 16.4. The lowest BCUT2D eigenvalue weighted by molar-refractivity contribution is 0.0914. The zero-order valence-corrected chi connectivity index (χ0v) is 15.0. The number of carbonyl (C=O) groups is 2. The van der Waals surface area contributed by atoms with Crippen LogP contribution in [0.15, 0.2) is 18.2 Å². The topological polar surface area (TPSA) is 73.5 Å². The van der Waals surface area contributed by atoms with Gasteiger partial charge in [0.25, 0.3) is 5.91 Å². The predicted molar refractivity (Wildman–Crippen MR) is 97.3 cm³/mol. The summed E-state index contributed by atoms with van der Waals surface area (Å²) in [5, 5.41) is 9.53. The molecule has 2 fully saturated rings. The largest absolute Gasteiger partial charge is 0.349 e. The fourth-order valence-electron chi connectivity index (χ4n) is 3.05. The lowest BCUT2D eigenvalue weighted by Gasteiger charge is -2.30. The Bertz CT molecular complexity index is 626. The second kappa shape index (κ2) is 8.05. The van der Waals surface area contributed by atoms with Crippen LogP contribution < -0.4 is 20.9 Å². The molecule has 3 rings (SSSR count). The fourth-order valence-corrected chi connectivity index (χ4v) is 3.25. The molecule has 2 heterocycles. The van der Waals surface area contributed by atoms with Crippen LogP contribution >= 0.6 is 24.0 Å². The van der Waals surface area contributed by atoms with Crippen LogP contribution in [0.2, 0.25) is 5.02 Å².